The van der Waals surface area contributed by atoms with Crippen LogP contribution in [0.3, 0.4) is 0 Å². The number of aromatic nitrogens is 1. The van der Waals surface area contributed by atoms with Crippen molar-refractivity contribution >= 4 is 27.6 Å². The van der Waals surface area contributed by atoms with E-state index in [1.165, 1.54) is 22.6 Å². The van der Waals surface area contributed by atoms with Crippen LogP contribution < -0.4 is 0 Å². The predicted octanol–water partition coefficient (Wildman–Crippen LogP) is 0.514. The smallest absolute Gasteiger partial charge is 0.320 e. The highest BCUT2D eigenvalue weighted by molar-refractivity contribution is 7.89. The van der Waals surface area contributed by atoms with Crippen LogP contribution in [0.1, 0.15) is 6.92 Å². The molecule has 1 aromatic heterocycles. The lowest BCUT2D eigenvalue weighted by Crippen LogP contribution is -2.53. The highest BCUT2D eigenvalue weighted by Crippen LogP contribution is 2.23. The van der Waals surface area contributed by atoms with Crippen molar-refractivity contribution in [1.29, 1.82) is 0 Å². The lowest BCUT2D eigenvalue weighted by atomic mass is 10.2. The molecule has 0 spiro atoms. The molecule has 9 heteroatoms. The van der Waals surface area contributed by atoms with Gasteiger partial charge in [0.05, 0.1) is 0 Å². The van der Waals surface area contributed by atoms with Crippen molar-refractivity contribution in [2.75, 3.05) is 26.2 Å². The summed E-state index contributed by atoms with van der Waals surface area (Å²) >= 11 is 5.84. The average Bonchev–Trinajstić information content (AvgIpc) is 2.46. The van der Waals surface area contributed by atoms with Gasteiger partial charge in [0.2, 0.25) is 10.0 Å². The van der Waals surface area contributed by atoms with Crippen molar-refractivity contribution in [3.05, 3.63) is 23.5 Å². The Morgan fingerprint density at radius 1 is 1.38 bits per heavy atom. The number of halogens is 1. The Labute approximate surface area is 128 Å². The molecule has 0 saturated carbocycles. The number of carbonyl (C=O) groups is 1. The molecule has 0 amide bonds. The van der Waals surface area contributed by atoms with E-state index in [0.717, 1.165) is 0 Å². The van der Waals surface area contributed by atoms with E-state index in [2.05, 4.69) is 4.98 Å². The lowest BCUT2D eigenvalue weighted by molar-refractivity contribution is -0.143. The Balaban J connectivity index is 2.12. The summed E-state index contributed by atoms with van der Waals surface area (Å²) in [5, 5.41) is 8.92. The zero-order valence-corrected chi connectivity index (χ0v) is 13.0. The second-order valence-corrected chi connectivity index (χ2v) is 7.01. The van der Waals surface area contributed by atoms with Gasteiger partial charge in [0.1, 0.15) is 16.1 Å². The number of carboxylic acid groups (broad SMARTS) is 1. The van der Waals surface area contributed by atoms with Gasteiger partial charge < -0.3 is 5.11 Å². The number of carboxylic acids is 1. The maximum Gasteiger partial charge on any atom is 0.320 e. The van der Waals surface area contributed by atoms with E-state index in [0.29, 0.717) is 13.1 Å². The minimum atomic E-state index is -3.70. The Hall–Kier alpha value is -1.22. The summed E-state index contributed by atoms with van der Waals surface area (Å²) in [4.78, 5) is 16.4. The van der Waals surface area contributed by atoms with Gasteiger partial charge in [-0.25, -0.2) is 13.4 Å². The summed E-state index contributed by atoms with van der Waals surface area (Å²) in [6.45, 7) is 2.77. The highest BCUT2D eigenvalue weighted by Gasteiger charge is 2.32. The standard InChI is InChI=1S/C12H16ClN3O4S/c1-9(12(17)18)15-5-7-16(8-6-15)21(19,20)10-3-2-4-14-11(10)13/h2-4,9H,5-8H2,1H3,(H,17,18). The topological polar surface area (TPSA) is 90.8 Å². The van der Waals surface area contributed by atoms with Crippen LogP contribution in [0.4, 0.5) is 0 Å². The Bertz CT molecular complexity index is 629. The van der Waals surface area contributed by atoms with E-state index in [1.807, 2.05) is 0 Å². The van der Waals surface area contributed by atoms with E-state index in [9.17, 15) is 13.2 Å². The fourth-order valence-corrected chi connectivity index (χ4v) is 4.04. The van der Waals surface area contributed by atoms with Crippen molar-refractivity contribution in [3.8, 4) is 0 Å². The third kappa shape index (κ3) is 3.34. The van der Waals surface area contributed by atoms with Crippen molar-refractivity contribution < 1.29 is 18.3 Å². The van der Waals surface area contributed by atoms with E-state index in [-0.39, 0.29) is 23.1 Å². The van der Waals surface area contributed by atoms with Crippen LogP contribution in [0.2, 0.25) is 5.15 Å². The number of aliphatic carboxylic acids is 1. The molecule has 0 bridgehead atoms. The maximum absolute atomic E-state index is 12.5. The van der Waals surface area contributed by atoms with Gasteiger partial charge in [-0.05, 0) is 19.1 Å². The summed E-state index contributed by atoms with van der Waals surface area (Å²) in [5.74, 6) is -0.915. The molecule has 116 valence electrons. The SMILES string of the molecule is CC(C(=O)O)N1CCN(S(=O)(=O)c2cccnc2Cl)CC1. The lowest BCUT2D eigenvalue weighted by Gasteiger charge is -2.35. The fraction of sp³-hybridized carbons (Fsp3) is 0.500. The van der Waals surface area contributed by atoms with Gasteiger partial charge >= 0.3 is 5.97 Å². The molecule has 1 fully saturated rings. The number of sulfonamides is 1. The summed E-state index contributed by atoms with van der Waals surface area (Å²) in [6, 6.07) is 2.30. The molecule has 7 nitrogen and oxygen atoms in total. The van der Waals surface area contributed by atoms with Crippen LogP contribution in [-0.4, -0.2) is 65.9 Å². The van der Waals surface area contributed by atoms with Crippen LogP contribution in [0.5, 0.6) is 0 Å². The van der Waals surface area contributed by atoms with E-state index in [4.69, 9.17) is 16.7 Å². The minimum absolute atomic E-state index is 0.0219. The Kier molecular flexibility index (Phi) is 4.82. The second kappa shape index (κ2) is 6.27. The van der Waals surface area contributed by atoms with Gasteiger partial charge in [-0.2, -0.15) is 4.31 Å². The van der Waals surface area contributed by atoms with Gasteiger partial charge in [0.15, 0.2) is 0 Å². The molecule has 1 unspecified atom stereocenters. The monoisotopic (exact) mass is 333 g/mol. The quantitative estimate of drug-likeness (QED) is 0.808. The first-order valence-electron chi connectivity index (χ1n) is 6.41. The van der Waals surface area contributed by atoms with Crippen LogP contribution in [0.25, 0.3) is 0 Å². The molecule has 0 aliphatic carbocycles. The largest absolute Gasteiger partial charge is 0.480 e. The molecule has 2 rings (SSSR count). The normalized spacial score (nSPS) is 19.3. The number of hydrogen-bond acceptors (Lipinski definition) is 5. The Morgan fingerprint density at radius 3 is 2.52 bits per heavy atom. The van der Waals surface area contributed by atoms with Gasteiger partial charge in [-0.3, -0.25) is 9.69 Å². The molecule has 1 aliphatic rings. The summed E-state index contributed by atoms with van der Waals surface area (Å²) in [6.07, 6.45) is 1.42. The second-order valence-electron chi connectivity index (χ2n) is 4.75. The number of rotatable bonds is 4. The number of nitrogens with zero attached hydrogens (tertiary/aromatic N) is 3. The average molecular weight is 334 g/mol. The molecule has 0 radical (unpaired) electrons. The van der Waals surface area contributed by atoms with E-state index in [1.54, 1.807) is 11.8 Å². The summed E-state index contributed by atoms with van der Waals surface area (Å²) < 4.78 is 26.3. The van der Waals surface area contributed by atoms with Gasteiger partial charge in [0.25, 0.3) is 0 Å². The van der Waals surface area contributed by atoms with Crippen molar-refractivity contribution in [2.24, 2.45) is 0 Å². The van der Waals surface area contributed by atoms with Gasteiger partial charge in [-0.1, -0.05) is 11.6 Å². The van der Waals surface area contributed by atoms with Gasteiger partial charge in [-0.15, -0.1) is 0 Å². The first kappa shape index (κ1) is 16.2. The van der Waals surface area contributed by atoms with E-state index >= 15 is 0 Å². The zero-order valence-electron chi connectivity index (χ0n) is 11.4. The van der Waals surface area contributed by atoms with Crippen molar-refractivity contribution in [3.63, 3.8) is 0 Å². The number of piperazine rings is 1. The van der Waals surface area contributed by atoms with Gasteiger partial charge in [0, 0.05) is 32.4 Å². The molecule has 1 aromatic rings. The van der Waals surface area contributed by atoms with Crippen LogP contribution in [0, 0.1) is 0 Å². The summed E-state index contributed by atoms with van der Waals surface area (Å²) in [7, 11) is -3.70. The molecular formula is C12H16ClN3O4S. The molecule has 1 saturated heterocycles. The van der Waals surface area contributed by atoms with E-state index < -0.39 is 22.0 Å². The molecule has 1 atom stereocenters. The molecule has 1 N–H and O–H groups in total. The number of pyridine rings is 1. The van der Waals surface area contributed by atoms with Crippen molar-refractivity contribution in [1.82, 2.24) is 14.2 Å². The zero-order chi connectivity index (χ0) is 15.6. The summed E-state index contributed by atoms with van der Waals surface area (Å²) in [5.41, 5.74) is 0. The number of hydrogen-bond donors (Lipinski definition) is 1. The third-order valence-corrected chi connectivity index (χ3v) is 5.86. The van der Waals surface area contributed by atoms with Crippen LogP contribution in [-0.2, 0) is 14.8 Å². The molecule has 2 heterocycles. The highest BCUT2D eigenvalue weighted by atomic mass is 35.5. The molecular weight excluding hydrogens is 318 g/mol. The Morgan fingerprint density at radius 2 is 2.00 bits per heavy atom. The minimum Gasteiger partial charge on any atom is -0.480 e. The molecule has 1 aliphatic heterocycles. The molecule has 21 heavy (non-hydrogen) atoms. The maximum atomic E-state index is 12.5. The first-order valence-corrected chi connectivity index (χ1v) is 8.23. The van der Waals surface area contributed by atoms with Crippen LogP contribution >= 0.6 is 11.6 Å². The van der Waals surface area contributed by atoms with Crippen LogP contribution in [0.15, 0.2) is 23.2 Å². The fourth-order valence-electron chi connectivity index (χ4n) is 2.19. The molecule has 0 aromatic carbocycles. The third-order valence-electron chi connectivity index (χ3n) is 3.52. The first-order chi connectivity index (χ1) is 9.84. The predicted molar refractivity (Wildman–Crippen MR) is 76.7 cm³/mol. The van der Waals surface area contributed by atoms with Crippen molar-refractivity contribution in [2.45, 2.75) is 17.9 Å².